The second kappa shape index (κ2) is 7.15. The fourth-order valence-corrected chi connectivity index (χ4v) is 6.32. The predicted octanol–water partition coefficient (Wildman–Crippen LogP) is 4.68. The minimum Gasteiger partial charge on any atom is -0.310 e. The van der Waals surface area contributed by atoms with Gasteiger partial charge in [-0.25, -0.2) is 4.39 Å². The smallest absolute Gasteiger partial charge is 0.118 e. The van der Waals surface area contributed by atoms with E-state index in [1.807, 2.05) is 6.92 Å². The van der Waals surface area contributed by atoms with E-state index < -0.39 is 0 Å². The van der Waals surface area contributed by atoms with Gasteiger partial charge in [0.05, 0.1) is 0 Å². The van der Waals surface area contributed by atoms with Gasteiger partial charge in [0.25, 0.3) is 0 Å². The molecule has 0 aromatic rings. The SMILES string of the molecule is CC/C=C(F)\C=C/C1NCC2(CCN(C3CC4CCC3C4)CC2)C1C. The molecule has 2 heterocycles. The zero-order valence-corrected chi connectivity index (χ0v) is 16.0. The highest BCUT2D eigenvalue weighted by molar-refractivity contribution is 5.17. The summed E-state index contributed by atoms with van der Waals surface area (Å²) in [7, 11) is 0. The van der Waals surface area contributed by atoms with E-state index in [0.29, 0.717) is 17.4 Å². The van der Waals surface area contributed by atoms with Crippen molar-refractivity contribution < 1.29 is 4.39 Å². The fraction of sp³-hybridized carbons (Fsp3) is 0.818. The van der Waals surface area contributed by atoms with Crippen LogP contribution < -0.4 is 5.32 Å². The molecule has 25 heavy (non-hydrogen) atoms. The van der Waals surface area contributed by atoms with Crippen molar-refractivity contribution in [3.63, 3.8) is 0 Å². The van der Waals surface area contributed by atoms with Gasteiger partial charge in [-0.2, -0.15) is 0 Å². The summed E-state index contributed by atoms with van der Waals surface area (Å²) in [5.41, 5.74) is 0.425. The number of nitrogens with one attached hydrogen (secondary N) is 1. The van der Waals surface area contributed by atoms with E-state index in [1.54, 1.807) is 12.2 Å². The monoisotopic (exact) mass is 346 g/mol. The second-order valence-corrected chi connectivity index (χ2v) is 9.19. The van der Waals surface area contributed by atoms with Crippen molar-refractivity contribution in [2.24, 2.45) is 23.2 Å². The molecule has 3 heteroatoms. The van der Waals surface area contributed by atoms with Crippen LogP contribution in [0.3, 0.4) is 0 Å². The number of hydrogen-bond donors (Lipinski definition) is 1. The molecule has 4 rings (SSSR count). The van der Waals surface area contributed by atoms with Gasteiger partial charge in [-0.05, 0) is 86.9 Å². The third kappa shape index (κ3) is 3.35. The van der Waals surface area contributed by atoms with Crippen LogP contribution >= 0.6 is 0 Å². The van der Waals surface area contributed by atoms with Crippen molar-refractivity contribution in [1.82, 2.24) is 10.2 Å². The summed E-state index contributed by atoms with van der Waals surface area (Å²) in [6, 6.07) is 1.22. The van der Waals surface area contributed by atoms with Crippen LogP contribution in [-0.2, 0) is 0 Å². The Morgan fingerprint density at radius 1 is 1.24 bits per heavy atom. The van der Waals surface area contributed by atoms with Crippen LogP contribution in [0.2, 0.25) is 0 Å². The Morgan fingerprint density at radius 2 is 2.04 bits per heavy atom. The van der Waals surface area contributed by atoms with Crippen LogP contribution in [0.25, 0.3) is 0 Å². The number of nitrogens with zero attached hydrogens (tertiary/aromatic N) is 1. The van der Waals surface area contributed by atoms with E-state index in [4.69, 9.17) is 0 Å². The number of piperidine rings is 1. The van der Waals surface area contributed by atoms with Gasteiger partial charge in [-0.3, -0.25) is 0 Å². The highest BCUT2D eigenvalue weighted by atomic mass is 19.1. The first-order valence-corrected chi connectivity index (χ1v) is 10.6. The van der Waals surface area contributed by atoms with Crippen molar-refractivity contribution in [2.45, 2.75) is 70.9 Å². The lowest BCUT2D eigenvalue weighted by Crippen LogP contribution is -2.49. The molecule has 2 saturated carbocycles. The lowest BCUT2D eigenvalue weighted by atomic mass is 9.69. The van der Waals surface area contributed by atoms with Gasteiger partial charge < -0.3 is 10.2 Å². The Balaban J connectivity index is 1.34. The van der Waals surface area contributed by atoms with Crippen molar-refractivity contribution in [3.8, 4) is 0 Å². The fourth-order valence-electron chi connectivity index (χ4n) is 6.32. The number of allylic oxidation sites excluding steroid dienone is 3. The van der Waals surface area contributed by atoms with Crippen LogP contribution in [0.15, 0.2) is 24.1 Å². The van der Waals surface area contributed by atoms with E-state index in [1.165, 1.54) is 51.6 Å². The maximum absolute atomic E-state index is 13.7. The molecule has 140 valence electrons. The normalized spacial score (nSPS) is 41.4. The molecule has 0 aromatic heterocycles. The minimum absolute atomic E-state index is 0.0939. The standard InChI is InChI=1S/C22H35FN2/c1-3-4-19(23)7-8-20-16(2)22(15-24-20)9-11-25(12-10-22)21-14-17-5-6-18(21)13-17/h4,7-8,16-18,20-21,24H,3,5-6,9-15H2,1-2H3/b8-7-,19-4+. The minimum atomic E-state index is -0.0939. The predicted molar refractivity (Wildman–Crippen MR) is 102 cm³/mol. The molecule has 0 amide bonds. The van der Waals surface area contributed by atoms with Gasteiger partial charge >= 0.3 is 0 Å². The van der Waals surface area contributed by atoms with Gasteiger partial charge in [0, 0.05) is 18.6 Å². The summed E-state index contributed by atoms with van der Waals surface area (Å²) in [4.78, 5) is 2.83. The van der Waals surface area contributed by atoms with Gasteiger partial charge in [0.2, 0.25) is 0 Å². The Labute approximate surface area is 152 Å². The second-order valence-electron chi connectivity index (χ2n) is 9.19. The van der Waals surface area contributed by atoms with Gasteiger partial charge in [0.15, 0.2) is 0 Å². The van der Waals surface area contributed by atoms with Gasteiger partial charge in [-0.15, -0.1) is 0 Å². The van der Waals surface area contributed by atoms with Gasteiger partial charge in [0.1, 0.15) is 5.83 Å². The molecule has 0 radical (unpaired) electrons. The van der Waals surface area contributed by atoms with Crippen LogP contribution in [-0.4, -0.2) is 36.6 Å². The molecular formula is C22H35FN2. The van der Waals surface area contributed by atoms with Crippen LogP contribution in [0.1, 0.15) is 58.8 Å². The van der Waals surface area contributed by atoms with E-state index >= 15 is 0 Å². The average molecular weight is 347 g/mol. The number of hydrogen-bond acceptors (Lipinski definition) is 2. The summed E-state index contributed by atoms with van der Waals surface area (Å²) >= 11 is 0. The van der Waals surface area contributed by atoms with Crippen molar-refractivity contribution in [2.75, 3.05) is 19.6 Å². The summed E-state index contributed by atoms with van der Waals surface area (Å²) in [5.74, 6) is 2.55. The maximum Gasteiger partial charge on any atom is 0.118 e. The molecule has 2 saturated heterocycles. The van der Waals surface area contributed by atoms with Gasteiger partial charge in [-0.1, -0.05) is 26.3 Å². The third-order valence-electron chi connectivity index (χ3n) is 8.02. The topological polar surface area (TPSA) is 15.3 Å². The summed E-state index contributed by atoms with van der Waals surface area (Å²) in [5, 5.41) is 3.68. The summed E-state index contributed by atoms with van der Waals surface area (Å²) in [6.45, 7) is 8.01. The Hall–Kier alpha value is -0.670. The van der Waals surface area contributed by atoms with Crippen molar-refractivity contribution in [3.05, 3.63) is 24.1 Å². The van der Waals surface area contributed by atoms with E-state index in [-0.39, 0.29) is 5.83 Å². The molecule has 2 bridgehead atoms. The van der Waals surface area contributed by atoms with Crippen LogP contribution in [0.4, 0.5) is 4.39 Å². The largest absolute Gasteiger partial charge is 0.310 e. The lowest BCUT2D eigenvalue weighted by molar-refractivity contribution is 0.0402. The summed E-state index contributed by atoms with van der Waals surface area (Å²) in [6.07, 6.45) is 14.7. The quantitative estimate of drug-likeness (QED) is 0.743. The van der Waals surface area contributed by atoms with E-state index in [9.17, 15) is 4.39 Å². The first kappa shape index (κ1) is 17.7. The number of fused-ring (bicyclic) bond motifs is 2. The molecule has 2 aliphatic carbocycles. The number of rotatable bonds is 4. The molecule has 1 spiro atoms. The highest BCUT2D eigenvalue weighted by Crippen LogP contribution is 2.50. The number of halogens is 1. The highest BCUT2D eigenvalue weighted by Gasteiger charge is 2.49. The molecule has 4 fully saturated rings. The Morgan fingerprint density at radius 3 is 2.68 bits per heavy atom. The Kier molecular flexibility index (Phi) is 5.07. The molecule has 2 aliphatic heterocycles. The number of likely N-dealkylation sites (tertiary alicyclic amines) is 1. The molecule has 5 atom stereocenters. The molecule has 5 unspecified atom stereocenters. The lowest BCUT2D eigenvalue weighted by Gasteiger charge is -2.46. The first-order valence-electron chi connectivity index (χ1n) is 10.6. The zero-order chi connectivity index (χ0) is 17.4. The van der Waals surface area contributed by atoms with E-state index in [0.717, 1.165) is 30.8 Å². The summed E-state index contributed by atoms with van der Waals surface area (Å²) < 4.78 is 13.7. The van der Waals surface area contributed by atoms with Crippen LogP contribution in [0.5, 0.6) is 0 Å². The molecule has 1 N–H and O–H groups in total. The first-order chi connectivity index (χ1) is 12.1. The van der Waals surface area contributed by atoms with Crippen LogP contribution in [0, 0.1) is 23.2 Å². The van der Waals surface area contributed by atoms with Crippen molar-refractivity contribution in [1.29, 1.82) is 0 Å². The third-order valence-corrected chi connectivity index (χ3v) is 8.02. The molecule has 4 aliphatic rings. The zero-order valence-electron chi connectivity index (χ0n) is 16.0. The van der Waals surface area contributed by atoms with E-state index in [2.05, 4.69) is 23.2 Å². The molecular weight excluding hydrogens is 311 g/mol. The molecule has 2 nitrogen and oxygen atoms in total. The Bertz CT molecular complexity index is 532. The van der Waals surface area contributed by atoms with Crippen molar-refractivity contribution >= 4 is 0 Å². The molecule has 0 aromatic carbocycles. The average Bonchev–Trinajstić information content (AvgIpc) is 3.32. The maximum atomic E-state index is 13.7.